The molecule has 122 valence electrons. The van der Waals surface area contributed by atoms with Crippen LogP contribution in [0, 0.1) is 0 Å². The fraction of sp³-hybridized carbons (Fsp3) is 0.529. The molecule has 6 heteroatoms. The normalized spacial score (nSPS) is 21.1. The van der Waals surface area contributed by atoms with E-state index in [2.05, 4.69) is 21.1 Å². The number of benzene rings is 1. The van der Waals surface area contributed by atoms with Crippen LogP contribution in [0.25, 0.3) is 11.5 Å². The van der Waals surface area contributed by atoms with Gasteiger partial charge in [0.05, 0.1) is 18.8 Å². The smallest absolute Gasteiger partial charge is 0.258 e. The lowest BCUT2D eigenvalue weighted by atomic mass is 9.77. The lowest BCUT2D eigenvalue weighted by Crippen LogP contribution is -2.44. The van der Waals surface area contributed by atoms with Crippen LogP contribution in [0.3, 0.4) is 0 Å². The van der Waals surface area contributed by atoms with Gasteiger partial charge in [0.15, 0.2) is 5.82 Å². The van der Waals surface area contributed by atoms with Crippen molar-refractivity contribution in [1.29, 1.82) is 0 Å². The molecule has 2 aliphatic rings. The third-order valence-corrected chi connectivity index (χ3v) is 4.86. The molecule has 2 fully saturated rings. The number of hydrogen-bond donors (Lipinski definition) is 1. The van der Waals surface area contributed by atoms with Gasteiger partial charge >= 0.3 is 0 Å². The van der Waals surface area contributed by atoms with Crippen molar-refractivity contribution in [3.8, 4) is 11.5 Å². The monoisotopic (exact) mass is 314 g/mol. The number of aromatic nitrogens is 2. The molecule has 2 aromatic rings. The summed E-state index contributed by atoms with van der Waals surface area (Å²) in [7, 11) is 0. The van der Waals surface area contributed by atoms with Gasteiger partial charge in [-0.05, 0) is 30.9 Å². The second kappa shape index (κ2) is 6.03. The molecule has 1 aromatic heterocycles. The van der Waals surface area contributed by atoms with Crippen LogP contribution in [0.4, 0.5) is 0 Å². The summed E-state index contributed by atoms with van der Waals surface area (Å²) in [5.41, 5.74) is 8.11. The molecule has 2 N–H and O–H groups in total. The highest BCUT2D eigenvalue weighted by Gasteiger charge is 2.39. The predicted molar refractivity (Wildman–Crippen MR) is 85.5 cm³/mol. The minimum Gasteiger partial charge on any atom is -0.379 e. The molecule has 0 unspecified atom stereocenters. The van der Waals surface area contributed by atoms with E-state index in [9.17, 15) is 0 Å². The van der Waals surface area contributed by atoms with Crippen molar-refractivity contribution in [3.63, 3.8) is 0 Å². The summed E-state index contributed by atoms with van der Waals surface area (Å²) in [6.45, 7) is 4.36. The Labute approximate surface area is 135 Å². The Balaban J connectivity index is 1.58. The molecule has 4 rings (SSSR count). The molecule has 23 heavy (non-hydrogen) atoms. The first-order valence-corrected chi connectivity index (χ1v) is 8.26. The zero-order chi connectivity index (χ0) is 15.7. The van der Waals surface area contributed by atoms with Gasteiger partial charge < -0.3 is 15.0 Å². The van der Waals surface area contributed by atoms with Gasteiger partial charge in [-0.3, -0.25) is 4.90 Å². The summed E-state index contributed by atoms with van der Waals surface area (Å²) in [4.78, 5) is 6.97. The molecule has 1 aliphatic heterocycles. The first-order valence-electron chi connectivity index (χ1n) is 8.26. The summed E-state index contributed by atoms with van der Waals surface area (Å²) >= 11 is 0. The quantitative estimate of drug-likeness (QED) is 0.929. The molecule has 1 saturated carbocycles. The summed E-state index contributed by atoms with van der Waals surface area (Å²) in [6.07, 6.45) is 3.00. The van der Waals surface area contributed by atoms with Crippen molar-refractivity contribution in [3.05, 3.63) is 35.7 Å². The SMILES string of the molecule is NC1(c2noc(-c3ccccc3CN3CCOCC3)n2)CCC1. The number of rotatable bonds is 4. The molecule has 1 aliphatic carbocycles. The predicted octanol–water partition coefficient (Wildman–Crippen LogP) is 1.91. The summed E-state index contributed by atoms with van der Waals surface area (Å²) in [5, 5.41) is 4.13. The van der Waals surface area contributed by atoms with Gasteiger partial charge in [0.25, 0.3) is 5.89 Å². The highest BCUT2D eigenvalue weighted by Crippen LogP contribution is 2.38. The molecular formula is C17H22N4O2. The Morgan fingerprint density at radius 1 is 1.17 bits per heavy atom. The van der Waals surface area contributed by atoms with E-state index in [4.69, 9.17) is 15.0 Å². The maximum absolute atomic E-state index is 6.30. The molecule has 2 heterocycles. The van der Waals surface area contributed by atoms with Crippen LogP contribution in [-0.4, -0.2) is 41.3 Å². The molecular weight excluding hydrogens is 292 g/mol. The average molecular weight is 314 g/mol. The number of morpholine rings is 1. The van der Waals surface area contributed by atoms with E-state index in [1.165, 1.54) is 5.56 Å². The Morgan fingerprint density at radius 3 is 2.70 bits per heavy atom. The van der Waals surface area contributed by atoms with Gasteiger partial charge in [0.1, 0.15) is 0 Å². The van der Waals surface area contributed by atoms with Crippen molar-refractivity contribution < 1.29 is 9.26 Å². The maximum atomic E-state index is 6.30. The van der Waals surface area contributed by atoms with Crippen LogP contribution in [-0.2, 0) is 16.8 Å². The van der Waals surface area contributed by atoms with Gasteiger partial charge in [-0.2, -0.15) is 4.98 Å². The van der Waals surface area contributed by atoms with Crippen molar-refractivity contribution >= 4 is 0 Å². The van der Waals surface area contributed by atoms with E-state index in [1.807, 2.05) is 18.2 Å². The molecule has 1 saturated heterocycles. The third kappa shape index (κ3) is 2.89. The Morgan fingerprint density at radius 2 is 1.96 bits per heavy atom. The first kappa shape index (κ1) is 14.8. The van der Waals surface area contributed by atoms with Gasteiger partial charge in [0, 0.05) is 25.2 Å². The average Bonchev–Trinajstić information content (AvgIpc) is 3.04. The molecule has 0 bridgehead atoms. The molecule has 0 atom stereocenters. The van der Waals surface area contributed by atoms with Gasteiger partial charge in [-0.15, -0.1) is 0 Å². The van der Waals surface area contributed by atoms with Crippen LogP contribution < -0.4 is 5.73 Å². The lowest BCUT2D eigenvalue weighted by molar-refractivity contribution is 0.0342. The second-order valence-corrected chi connectivity index (χ2v) is 6.48. The van der Waals surface area contributed by atoms with E-state index in [0.29, 0.717) is 11.7 Å². The zero-order valence-corrected chi connectivity index (χ0v) is 13.2. The lowest BCUT2D eigenvalue weighted by Gasteiger charge is -2.34. The van der Waals surface area contributed by atoms with Crippen molar-refractivity contribution in [2.24, 2.45) is 5.73 Å². The van der Waals surface area contributed by atoms with Crippen molar-refractivity contribution in [2.45, 2.75) is 31.3 Å². The second-order valence-electron chi connectivity index (χ2n) is 6.48. The standard InChI is InChI=1S/C17H22N4O2/c18-17(6-3-7-17)16-19-15(23-20-16)14-5-2-1-4-13(14)12-21-8-10-22-11-9-21/h1-2,4-5H,3,6-12,18H2. The topological polar surface area (TPSA) is 77.4 Å². The van der Waals surface area contributed by atoms with Crippen LogP contribution >= 0.6 is 0 Å². The van der Waals surface area contributed by atoms with Gasteiger partial charge in [0.2, 0.25) is 0 Å². The molecule has 0 radical (unpaired) electrons. The summed E-state index contributed by atoms with van der Waals surface area (Å²) in [5.74, 6) is 1.21. The number of nitrogens with zero attached hydrogens (tertiary/aromatic N) is 3. The minimum atomic E-state index is -0.388. The van der Waals surface area contributed by atoms with Crippen LogP contribution in [0.2, 0.25) is 0 Å². The number of nitrogens with two attached hydrogens (primary N) is 1. The molecule has 0 spiro atoms. The van der Waals surface area contributed by atoms with Gasteiger partial charge in [-0.25, -0.2) is 0 Å². The third-order valence-electron chi connectivity index (χ3n) is 4.86. The minimum absolute atomic E-state index is 0.388. The van der Waals surface area contributed by atoms with E-state index in [1.54, 1.807) is 0 Å². The van der Waals surface area contributed by atoms with Crippen LogP contribution in [0.15, 0.2) is 28.8 Å². The molecule has 6 nitrogen and oxygen atoms in total. The summed E-state index contributed by atoms with van der Waals surface area (Å²) in [6, 6.07) is 8.21. The Hall–Kier alpha value is -1.76. The fourth-order valence-electron chi connectivity index (χ4n) is 3.18. The van der Waals surface area contributed by atoms with E-state index in [-0.39, 0.29) is 5.54 Å². The maximum Gasteiger partial charge on any atom is 0.258 e. The largest absolute Gasteiger partial charge is 0.379 e. The van der Waals surface area contributed by atoms with Crippen molar-refractivity contribution in [1.82, 2.24) is 15.0 Å². The van der Waals surface area contributed by atoms with Crippen molar-refractivity contribution in [2.75, 3.05) is 26.3 Å². The Bertz CT molecular complexity index is 675. The van der Waals surface area contributed by atoms with Crippen LogP contribution in [0.1, 0.15) is 30.7 Å². The van der Waals surface area contributed by atoms with E-state index in [0.717, 1.165) is 57.7 Å². The number of ether oxygens (including phenoxy) is 1. The van der Waals surface area contributed by atoms with Crippen LogP contribution in [0.5, 0.6) is 0 Å². The molecule has 1 aromatic carbocycles. The Kier molecular flexibility index (Phi) is 3.88. The van der Waals surface area contributed by atoms with E-state index < -0.39 is 0 Å². The van der Waals surface area contributed by atoms with E-state index >= 15 is 0 Å². The first-order chi connectivity index (χ1) is 11.2. The fourth-order valence-corrected chi connectivity index (χ4v) is 3.18. The van der Waals surface area contributed by atoms with Gasteiger partial charge in [-0.1, -0.05) is 23.4 Å². The summed E-state index contributed by atoms with van der Waals surface area (Å²) < 4.78 is 10.9. The zero-order valence-electron chi connectivity index (χ0n) is 13.2. The molecule has 0 amide bonds. The number of hydrogen-bond acceptors (Lipinski definition) is 6. The highest BCUT2D eigenvalue weighted by molar-refractivity contribution is 5.58. The highest BCUT2D eigenvalue weighted by atomic mass is 16.5.